The first-order valence-electron chi connectivity index (χ1n) is 4.32. The lowest BCUT2D eigenvalue weighted by atomic mass is 10.4. The molecule has 1 rings (SSSR count). The van der Waals surface area contributed by atoms with Crippen molar-refractivity contribution in [3.63, 3.8) is 0 Å². The van der Waals surface area contributed by atoms with Crippen LogP contribution < -0.4 is 4.74 Å². The van der Waals surface area contributed by atoms with Crippen LogP contribution in [0.3, 0.4) is 0 Å². The van der Waals surface area contributed by atoms with Gasteiger partial charge in [-0.1, -0.05) is 0 Å². The van der Waals surface area contributed by atoms with Gasteiger partial charge in [0.25, 0.3) is 0 Å². The van der Waals surface area contributed by atoms with Gasteiger partial charge in [-0.3, -0.25) is 0 Å². The molecular formula is C9H9F3O3S. The Labute approximate surface area is 93.8 Å². The van der Waals surface area contributed by atoms with Crippen LogP contribution in [-0.4, -0.2) is 19.7 Å². The molecule has 0 bridgehead atoms. The zero-order chi connectivity index (χ0) is 12.3. The van der Waals surface area contributed by atoms with Gasteiger partial charge < -0.3 is 9.47 Å². The third-order valence-corrected chi connectivity index (χ3v) is 2.79. The Morgan fingerprint density at radius 2 is 2.12 bits per heavy atom. The van der Waals surface area contributed by atoms with Gasteiger partial charge >= 0.3 is 12.1 Å². The molecule has 0 amide bonds. The molecule has 0 aliphatic heterocycles. The molecule has 0 spiro atoms. The fourth-order valence-corrected chi connectivity index (χ4v) is 1.90. The summed E-state index contributed by atoms with van der Waals surface area (Å²) in [6.07, 6.45) is -4.48. The smallest absolute Gasteiger partial charge is 0.425 e. The lowest BCUT2D eigenvalue weighted by molar-refractivity contribution is -0.134. The summed E-state index contributed by atoms with van der Waals surface area (Å²) in [4.78, 5) is 10.1. The normalized spacial score (nSPS) is 11.3. The molecule has 0 N–H and O–H groups in total. The molecule has 1 aromatic heterocycles. The van der Waals surface area contributed by atoms with E-state index in [0.717, 1.165) is 13.2 Å². The lowest BCUT2D eigenvalue weighted by Crippen LogP contribution is -2.01. The molecule has 16 heavy (non-hydrogen) atoms. The van der Waals surface area contributed by atoms with Crippen molar-refractivity contribution in [3.05, 3.63) is 15.8 Å². The van der Waals surface area contributed by atoms with Gasteiger partial charge in [0.2, 0.25) is 0 Å². The van der Waals surface area contributed by atoms with E-state index in [9.17, 15) is 18.0 Å². The van der Waals surface area contributed by atoms with Gasteiger partial charge in [0.15, 0.2) is 4.88 Å². The molecule has 0 unspecified atom stereocenters. The summed E-state index contributed by atoms with van der Waals surface area (Å²) in [5, 5.41) is 0. The number of ether oxygens (including phenoxy) is 2. The van der Waals surface area contributed by atoms with Crippen molar-refractivity contribution in [2.75, 3.05) is 13.7 Å². The second kappa shape index (κ2) is 4.73. The quantitative estimate of drug-likeness (QED) is 0.778. The largest absolute Gasteiger partial charge is 0.492 e. The highest BCUT2D eigenvalue weighted by atomic mass is 32.1. The van der Waals surface area contributed by atoms with Crippen LogP contribution in [-0.2, 0) is 10.9 Å². The van der Waals surface area contributed by atoms with Crippen molar-refractivity contribution >= 4 is 17.3 Å². The first-order chi connectivity index (χ1) is 7.40. The van der Waals surface area contributed by atoms with Crippen LogP contribution in [0.5, 0.6) is 5.75 Å². The van der Waals surface area contributed by atoms with Gasteiger partial charge in [0.05, 0.1) is 13.7 Å². The Hall–Kier alpha value is -1.24. The SMILES string of the molecule is CCOc1cc(C(F)(F)F)sc1C(=O)OC. The third-order valence-electron chi connectivity index (χ3n) is 1.65. The molecule has 1 heterocycles. The molecule has 1 aromatic rings. The minimum absolute atomic E-state index is 0.0910. The van der Waals surface area contributed by atoms with Crippen LogP contribution in [0.15, 0.2) is 6.07 Å². The van der Waals surface area contributed by atoms with E-state index >= 15 is 0 Å². The summed E-state index contributed by atoms with van der Waals surface area (Å²) < 4.78 is 46.5. The van der Waals surface area contributed by atoms with E-state index in [0.29, 0.717) is 11.3 Å². The first kappa shape index (κ1) is 12.8. The first-order valence-corrected chi connectivity index (χ1v) is 5.14. The highest BCUT2D eigenvalue weighted by Crippen LogP contribution is 2.40. The molecule has 0 aliphatic rings. The minimum Gasteiger partial charge on any atom is -0.492 e. The van der Waals surface area contributed by atoms with E-state index in [1.54, 1.807) is 6.92 Å². The van der Waals surface area contributed by atoms with Crippen LogP contribution >= 0.6 is 11.3 Å². The van der Waals surface area contributed by atoms with E-state index in [2.05, 4.69) is 4.74 Å². The average molecular weight is 254 g/mol. The predicted octanol–water partition coefficient (Wildman–Crippen LogP) is 2.95. The molecular weight excluding hydrogens is 245 g/mol. The van der Waals surface area contributed by atoms with Crippen LogP contribution in [0.2, 0.25) is 0 Å². The monoisotopic (exact) mass is 254 g/mol. The molecule has 0 aliphatic carbocycles. The summed E-state index contributed by atoms with van der Waals surface area (Å²) in [5.41, 5.74) is 0. The van der Waals surface area contributed by atoms with Crippen LogP contribution in [0.4, 0.5) is 13.2 Å². The topological polar surface area (TPSA) is 35.5 Å². The number of hydrogen-bond donors (Lipinski definition) is 0. The number of alkyl halides is 3. The Bertz CT molecular complexity index is 384. The molecule has 90 valence electrons. The van der Waals surface area contributed by atoms with Gasteiger partial charge in [0.1, 0.15) is 10.6 Å². The third kappa shape index (κ3) is 2.66. The highest BCUT2D eigenvalue weighted by Gasteiger charge is 2.35. The van der Waals surface area contributed by atoms with Crippen molar-refractivity contribution in [3.8, 4) is 5.75 Å². The number of thiophene rings is 1. The molecule has 0 radical (unpaired) electrons. The zero-order valence-corrected chi connectivity index (χ0v) is 9.37. The predicted molar refractivity (Wildman–Crippen MR) is 51.8 cm³/mol. The summed E-state index contributed by atoms with van der Waals surface area (Å²) in [6, 6.07) is 0.806. The number of carbonyl (C=O) groups excluding carboxylic acids is 1. The Morgan fingerprint density at radius 1 is 1.50 bits per heavy atom. The van der Waals surface area contributed by atoms with Crippen LogP contribution in [0.25, 0.3) is 0 Å². The lowest BCUT2D eigenvalue weighted by Gasteiger charge is -2.01. The van der Waals surface area contributed by atoms with Gasteiger partial charge in [0, 0.05) is 6.07 Å². The molecule has 0 aromatic carbocycles. The molecule has 3 nitrogen and oxygen atoms in total. The maximum Gasteiger partial charge on any atom is 0.425 e. The molecule has 7 heteroatoms. The fraction of sp³-hybridized carbons (Fsp3) is 0.444. The van der Waals surface area contributed by atoms with E-state index in [1.165, 1.54) is 0 Å². The van der Waals surface area contributed by atoms with E-state index in [4.69, 9.17) is 4.74 Å². The van der Waals surface area contributed by atoms with E-state index in [-0.39, 0.29) is 17.2 Å². The zero-order valence-electron chi connectivity index (χ0n) is 8.55. The maximum atomic E-state index is 12.4. The van der Waals surface area contributed by atoms with Crippen LogP contribution in [0.1, 0.15) is 21.5 Å². The number of carbonyl (C=O) groups is 1. The summed E-state index contributed by atoms with van der Waals surface area (Å²) >= 11 is 0.315. The molecule has 0 fully saturated rings. The second-order valence-electron chi connectivity index (χ2n) is 2.73. The Balaban J connectivity index is 3.15. The number of methoxy groups -OCH3 is 1. The van der Waals surface area contributed by atoms with Gasteiger partial charge in [-0.05, 0) is 6.92 Å². The standard InChI is InChI=1S/C9H9F3O3S/c1-3-15-5-4-6(9(10,11)12)16-7(5)8(13)14-2/h4H,3H2,1-2H3. The van der Waals surface area contributed by atoms with Gasteiger partial charge in [-0.15, -0.1) is 11.3 Å². The molecule has 0 saturated heterocycles. The minimum atomic E-state index is -4.48. The Kier molecular flexibility index (Phi) is 3.79. The van der Waals surface area contributed by atoms with Crippen molar-refractivity contribution < 1.29 is 27.4 Å². The number of halogens is 3. The fourth-order valence-electron chi connectivity index (χ4n) is 1.01. The van der Waals surface area contributed by atoms with Gasteiger partial charge in [-0.25, -0.2) is 4.79 Å². The average Bonchev–Trinajstić information content (AvgIpc) is 2.61. The summed E-state index contributed by atoms with van der Waals surface area (Å²) in [5.74, 6) is -0.921. The van der Waals surface area contributed by atoms with E-state index in [1.807, 2.05) is 0 Å². The summed E-state index contributed by atoms with van der Waals surface area (Å²) in [6.45, 7) is 1.80. The summed E-state index contributed by atoms with van der Waals surface area (Å²) in [7, 11) is 1.10. The Morgan fingerprint density at radius 3 is 2.56 bits per heavy atom. The highest BCUT2D eigenvalue weighted by molar-refractivity contribution is 7.14. The van der Waals surface area contributed by atoms with Crippen molar-refractivity contribution in [1.29, 1.82) is 0 Å². The second-order valence-corrected chi connectivity index (χ2v) is 3.78. The van der Waals surface area contributed by atoms with E-state index < -0.39 is 17.0 Å². The number of esters is 1. The maximum absolute atomic E-state index is 12.4. The van der Waals surface area contributed by atoms with Gasteiger partial charge in [-0.2, -0.15) is 13.2 Å². The van der Waals surface area contributed by atoms with Crippen molar-refractivity contribution in [2.24, 2.45) is 0 Å². The number of rotatable bonds is 3. The number of hydrogen-bond acceptors (Lipinski definition) is 4. The van der Waals surface area contributed by atoms with Crippen molar-refractivity contribution in [2.45, 2.75) is 13.1 Å². The molecule has 0 atom stereocenters. The van der Waals surface area contributed by atoms with Crippen LogP contribution in [0, 0.1) is 0 Å². The van der Waals surface area contributed by atoms with Crippen molar-refractivity contribution in [1.82, 2.24) is 0 Å². The molecule has 0 saturated carbocycles.